The number of sulfonamides is 1. The molecule has 0 unspecified atom stereocenters. The van der Waals surface area contributed by atoms with Gasteiger partial charge in [-0.25, -0.2) is 8.42 Å². The van der Waals surface area contributed by atoms with Crippen molar-refractivity contribution >= 4 is 10.0 Å². The van der Waals surface area contributed by atoms with Crippen molar-refractivity contribution in [2.24, 2.45) is 5.92 Å². The normalized spacial score (nSPS) is 18.1. The van der Waals surface area contributed by atoms with E-state index in [1.54, 1.807) is 18.2 Å². The first kappa shape index (κ1) is 11.4. The molecule has 2 rings (SSSR count). The molecule has 0 N–H and O–H groups in total. The maximum Gasteiger partial charge on any atom is 0.243 e. The highest BCUT2D eigenvalue weighted by Crippen LogP contribution is 2.25. The fourth-order valence-electron chi connectivity index (χ4n) is 1.67. The molecule has 1 fully saturated rings. The molecule has 4 heteroatoms. The van der Waals surface area contributed by atoms with Crippen molar-refractivity contribution in [2.45, 2.75) is 11.8 Å². The van der Waals surface area contributed by atoms with Crippen molar-refractivity contribution < 1.29 is 8.42 Å². The molecule has 0 radical (unpaired) electrons. The summed E-state index contributed by atoms with van der Waals surface area (Å²) < 4.78 is 25.6. The van der Waals surface area contributed by atoms with Gasteiger partial charge in [-0.05, 0) is 19.1 Å². The quantitative estimate of drug-likeness (QED) is 0.752. The SMILES string of the molecule is C=CC1CN(S(=O)(=O)c2ccc(C)cc2)C1. The van der Waals surface area contributed by atoms with Crippen molar-refractivity contribution in [1.82, 2.24) is 4.31 Å². The smallest absolute Gasteiger partial charge is 0.207 e. The number of hydrogen-bond acceptors (Lipinski definition) is 2. The predicted molar refractivity (Wildman–Crippen MR) is 63.6 cm³/mol. The van der Waals surface area contributed by atoms with E-state index >= 15 is 0 Å². The average molecular weight is 237 g/mol. The van der Waals surface area contributed by atoms with Crippen LogP contribution in [0, 0.1) is 12.8 Å². The molecule has 0 bridgehead atoms. The van der Waals surface area contributed by atoms with Crippen LogP contribution in [0.5, 0.6) is 0 Å². The first-order valence-corrected chi connectivity index (χ1v) is 6.67. The lowest BCUT2D eigenvalue weighted by Gasteiger charge is -2.36. The summed E-state index contributed by atoms with van der Waals surface area (Å²) in [6.07, 6.45) is 1.81. The van der Waals surface area contributed by atoms with E-state index in [0.717, 1.165) is 5.56 Å². The van der Waals surface area contributed by atoms with E-state index in [2.05, 4.69) is 6.58 Å². The summed E-state index contributed by atoms with van der Waals surface area (Å²) in [6, 6.07) is 6.95. The monoisotopic (exact) mass is 237 g/mol. The minimum Gasteiger partial charge on any atom is -0.207 e. The molecule has 0 aromatic heterocycles. The van der Waals surface area contributed by atoms with Gasteiger partial charge in [-0.1, -0.05) is 23.8 Å². The molecule has 3 nitrogen and oxygen atoms in total. The Morgan fingerprint density at radius 1 is 1.31 bits per heavy atom. The Balaban J connectivity index is 2.20. The second kappa shape index (κ2) is 4.03. The molecular weight excluding hydrogens is 222 g/mol. The van der Waals surface area contributed by atoms with Crippen LogP contribution >= 0.6 is 0 Å². The van der Waals surface area contributed by atoms with Crippen molar-refractivity contribution in [3.8, 4) is 0 Å². The highest BCUT2D eigenvalue weighted by Gasteiger charge is 2.34. The molecule has 0 atom stereocenters. The summed E-state index contributed by atoms with van der Waals surface area (Å²) in [6.45, 7) is 6.71. The zero-order valence-electron chi connectivity index (χ0n) is 9.26. The van der Waals surface area contributed by atoms with Gasteiger partial charge in [0.25, 0.3) is 0 Å². The Morgan fingerprint density at radius 2 is 1.88 bits per heavy atom. The molecule has 16 heavy (non-hydrogen) atoms. The number of benzene rings is 1. The maximum atomic E-state index is 12.1. The first-order valence-electron chi connectivity index (χ1n) is 5.23. The van der Waals surface area contributed by atoms with Gasteiger partial charge in [0, 0.05) is 19.0 Å². The summed E-state index contributed by atoms with van der Waals surface area (Å²) in [5.74, 6) is 0.306. The molecule has 86 valence electrons. The van der Waals surface area contributed by atoms with Crippen LogP contribution in [0.1, 0.15) is 5.56 Å². The lowest BCUT2D eigenvalue weighted by molar-refractivity contribution is 0.243. The highest BCUT2D eigenvalue weighted by atomic mass is 32.2. The fourth-order valence-corrected chi connectivity index (χ4v) is 3.23. The summed E-state index contributed by atoms with van der Waals surface area (Å²) in [5, 5.41) is 0. The van der Waals surface area contributed by atoms with Gasteiger partial charge < -0.3 is 0 Å². The first-order chi connectivity index (χ1) is 7.54. The van der Waals surface area contributed by atoms with Gasteiger partial charge in [0.2, 0.25) is 10.0 Å². The van der Waals surface area contributed by atoms with Crippen molar-refractivity contribution in [2.75, 3.05) is 13.1 Å². The summed E-state index contributed by atoms with van der Waals surface area (Å²) in [7, 11) is -3.28. The second-order valence-corrected chi connectivity index (χ2v) is 6.07. The number of aryl methyl sites for hydroxylation is 1. The second-order valence-electron chi connectivity index (χ2n) is 4.13. The van der Waals surface area contributed by atoms with Gasteiger partial charge in [0.1, 0.15) is 0 Å². The van der Waals surface area contributed by atoms with E-state index in [1.165, 1.54) is 4.31 Å². The summed E-state index contributed by atoms with van der Waals surface area (Å²) in [4.78, 5) is 0.376. The minimum atomic E-state index is -3.28. The van der Waals surface area contributed by atoms with Crippen LogP contribution in [0.15, 0.2) is 41.8 Å². The molecule has 0 amide bonds. The third-order valence-electron chi connectivity index (χ3n) is 2.87. The summed E-state index contributed by atoms with van der Waals surface area (Å²) in [5.41, 5.74) is 1.06. The molecular formula is C12H15NO2S. The van der Waals surface area contributed by atoms with Crippen LogP contribution in [0.3, 0.4) is 0 Å². The largest absolute Gasteiger partial charge is 0.243 e. The topological polar surface area (TPSA) is 37.4 Å². The van der Waals surface area contributed by atoms with Crippen LogP contribution in [0.25, 0.3) is 0 Å². The Bertz CT molecular complexity index is 484. The van der Waals surface area contributed by atoms with Gasteiger partial charge in [-0.15, -0.1) is 6.58 Å². The Labute approximate surface area is 96.4 Å². The molecule has 1 saturated heterocycles. The van der Waals surface area contributed by atoms with Crippen LogP contribution in [0.4, 0.5) is 0 Å². The molecule has 1 heterocycles. The third-order valence-corrected chi connectivity index (χ3v) is 4.71. The van der Waals surface area contributed by atoms with E-state index in [0.29, 0.717) is 23.9 Å². The van der Waals surface area contributed by atoms with Crippen LogP contribution in [-0.4, -0.2) is 25.8 Å². The molecule has 1 aliphatic heterocycles. The number of rotatable bonds is 3. The van der Waals surface area contributed by atoms with E-state index in [4.69, 9.17) is 0 Å². The zero-order valence-corrected chi connectivity index (χ0v) is 10.1. The van der Waals surface area contributed by atoms with E-state index in [1.807, 2.05) is 19.1 Å². The standard InChI is InChI=1S/C12H15NO2S/c1-3-11-8-13(9-11)16(14,15)12-6-4-10(2)5-7-12/h3-7,11H,1,8-9H2,2H3. The zero-order chi connectivity index (χ0) is 11.8. The molecule has 0 aliphatic carbocycles. The van der Waals surface area contributed by atoms with Gasteiger partial charge in [0.15, 0.2) is 0 Å². The van der Waals surface area contributed by atoms with Gasteiger partial charge in [0.05, 0.1) is 4.90 Å². The highest BCUT2D eigenvalue weighted by molar-refractivity contribution is 7.89. The van der Waals surface area contributed by atoms with E-state index in [-0.39, 0.29) is 0 Å². The van der Waals surface area contributed by atoms with Crippen molar-refractivity contribution in [3.05, 3.63) is 42.5 Å². The molecule has 0 spiro atoms. The Morgan fingerprint density at radius 3 is 2.38 bits per heavy atom. The van der Waals surface area contributed by atoms with E-state index in [9.17, 15) is 8.42 Å². The maximum absolute atomic E-state index is 12.1. The lowest BCUT2D eigenvalue weighted by atomic mass is 10.0. The lowest BCUT2D eigenvalue weighted by Crippen LogP contribution is -2.48. The number of nitrogens with zero attached hydrogens (tertiary/aromatic N) is 1. The Hall–Kier alpha value is -1.13. The van der Waals surface area contributed by atoms with Crippen LogP contribution < -0.4 is 0 Å². The minimum absolute atomic E-state index is 0.306. The number of hydrogen-bond donors (Lipinski definition) is 0. The van der Waals surface area contributed by atoms with Gasteiger partial charge in [-0.3, -0.25) is 0 Å². The average Bonchev–Trinajstić information content (AvgIpc) is 2.16. The van der Waals surface area contributed by atoms with Crippen LogP contribution in [-0.2, 0) is 10.0 Å². The van der Waals surface area contributed by atoms with Crippen LogP contribution in [0.2, 0.25) is 0 Å². The van der Waals surface area contributed by atoms with Crippen molar-refractivity contribution in [1.29, 1.82) is 0 Å². The fraction of sp³-hybridized carbons (Fsp3) is 0.333. The van der Waals surface area contributed by atoms with Gasteiger partial charge >= 0.3 is 0 Å². The summed E-state index contributed by atoms with van der Waals surface area (Å²) >= 11 is 0. The van der Waals surface area contributed by atoms with E-state index < -0.39 is 10.0 Å². The Kier molecular flexibility index (Phi) is 2.86. The third kappa shape index (κ3) is 1.90. The molecule has 0 saturated carbocycles. The molecule has 1 aliphatic rings. The molecule has 1 aromatic rings. The predicted octanol–water partition coefficient (Wildman–Crippen LogP) is 1.80. The molecule has 1 aromatic carbocycles. The van der Waals surface area contributed by atoms with Gasteiger partial charge in [-0.2, -0.15) is 4.31 Å². The van der Waals surface area contributed by atoms with Crippen molar-refractivity contribution in [3.63, 3.8) is 0 Å².